The zero-order valence-electron chi connectivity index (χ0n) is 16.8. The molecule has 0 spiro atoms. The largest absolute Gasteiger partial charge is 0.595 e. The van der Waals surface area contributed by atoms with E-state index in [2.05, 4.69) is 0 Å². The highest BCUT2D eigenvalue weighted by Gasteiger charge is 2.31. The van der Waals surface area contributed by atoms with Gasteiger partial charge in [-0.3, -0.25) is 4.79 Å². The molecule has 0 fully saturated rings. The molecule has 2 unspecified atom stereocenters. The van der Waals surface area contributed by atoms with Crippen molar-refractivity contribution in [3.05, 3.63) is 63.5 Å². The zero-order chi connectivity index (χ0) is 22.0. The molecule has 160 valence electrons. The van der Waals surface area contributed by atoms with Gasteiger partial charge >= 0.3 is 0 Å². The molecule has 2 aromatic carbocycles. The molecule has 4 N–H and O–H groups in total. The highest BCUT2D eigenvalue weighted by Crippen LogP contribution is 2.35. The molecule has 3 atom stereocenters. The van der Waals surface area contributed by atoms with Crippen LogP contribution >= 0.6 is 0 Å². The number of rotatable bonds is 6. The first-order chi connectivity index (χ1) is 14.2. The number of ketones is 1. The highest BCUT2D eigenvalue weighted by molar-refractivity contribution is 6.07. The molecule has 0 aromatic heterocycles. The molecule has 1 amide bonds. The van der Waals surface area contributed by atoms with Crippen molar-refractivity contribution in [3.8, 4) is 0 Å². The lowest BCUT2D eigenvalue weighted by Gasteiger charge is -2.36. The van der Waals surface area contributed by atoms with Crippen LogP contribution in [0.25, 0.3) is 0 Å². The van der Waals surface area contributed by atoms with Gasteiger partial charge in [0.1, 0.15) is 5.78 Å². The second-order valence-corrected chi connectivity index (χ2v) is 7.59. The first-order valence-corrected chi connectivity index (χ1v) is 9.74. The minimum absolute atomic E-state index is 0.0381. The van der Waals surface area contributed by atoms with E-state index in [0.717, 1.165) is 5.56 Å². The second kappa shape index (κ2) is 9.00. The van der Waals surface area contributed by atoms with Crippen molar-refractivity contribution < 1.29 is 30.5 Å². The summed E-state index contributed by atoms with van der Waals surface area (Å²) in [5.74, 6) is -0.315. The quantitative estimate of drug-likeness (QED) is 0.520. The number of carbonyl (C=O) groups is 2. The molecular weight excluding hydrogens is 390 g/mol. The SMILES string of the molecule is CC(=O)CCc1cc2c(cc1[NH+]([O-])O)CC[C@@H](C)N2C(=O)c1ccc([NH+]([O-])O)cc1. The summed E-state index contributed by atoms with van der Waals surface area (Å²) < 4.78 is 0. The van der Waals surface area contributed by atoms with E-state index in [-0.39, 0.29) is 41.9 Å². The molecule has 9 nitrogen and oxygen atoms in total. The highest BCUT2D eigenvalue weighted by atomic mass is 16.8. The number of aryl methyl sites for hydroxylation is 2. The Kier molecular flexibility index (Phi) is 6.61. The minimum atomic E-state index is -1.07. The third-order valence-electron chi connectivity index (χ3n) is 5.41. The van der Waals surface area contributed by atoms with Gasteiger partial charge in [0.2, 0.25) is 0 Å². The number of fused-ring (bicyclic) bond motifs is 1. The van der Waals surface area contributed by atoms with Gasteiger partial charge in [0.25, 0.3) is 5.91 Å². The fraction of sp³-hybridized carbons (Fsp3) is 0.333. The summed E-state index contributed by atoms with van der Waals surface area (Å²) in [5.41, 5.74) is 2.54. The fourth-order valence-corrected chi connectivity index (χ4v) is 3.75. The molecule has 30 heavy (non-hydrogen) atoms. The van der Waals surface area contributed by atoms with Crippen LogP contribution in [0.3, 0.4) is 0 Å². The van der Waals surface area contributed by atoms with E-state index >= 15 is 0 Å². The molecule has 0 radical (unpaired) electrons. The van der Waals surface area contributed by atoms with E-state index in [1.54, 1.807) is 17.0 Å². The van der Waals surface area contributed by atoms with Crippen molar-refractivity contribution in [2.24, 2.45) is 0 Å². The molecule has 2 aromatic rings. The first kappa shape index (κ1) is 22.0. The summed E-state index contributed by atoms with van der Waals surface area (Å²) in [6, 6.07) is 8.94. The van der Waals surface area contributed by atoms with Crippen LogP contribution < -0.4 is 15.4 Å². The van der Waals surface area contributed by atoms with E-state index in [9.17, 15) is 25.2 Å². The van der Waals surface area contributed by atoms with Crippen molar-refractivity contribution in [2.75, 3.05) is 4.90 Å². The lowest BCUT2D eigenvalue weighted by Crippen LogP contribution is -2.99. The van der Waals surface area contributed by atoms with Crippen LogP contribution in [0.1, 0.15) is 48.2 Å². The van der Waals surface area contributed by atoms with Crippen LogP contribution in [0.2, 0.25) is 0 Å². The second-order valence-electron chi connectivity index (χ2n) is 7.59. The zero-order valence-corrected chi connectivity index (χ0v) is 16.8. The molecule has 0 saturated heterocycles. The van der Waals surface area contributed by atoms with Gasteiger partial charge in [-0.15, -0.1) is 0 Å². The third kappa shape index (κ3) is 4.57. The Hall–Kier alpha value is -2.66. The van der Waals surface area contributed by atoms with Crippen LogP contribution in [0.5, 0.6) is 0 Å². The van der Waals surface area contributed by atoms with Crippen molar-refractivity contribution in [1.29, 1.82) is 0 Å². The summed E-state index contributed by atoms with van der Waals surface area (Å²) in [5, 5.41) is 39.3. The molecule has 1 heterocycles. The standard InChI is InChI=1S/C21H25N3O6/c1-13-3-5-16-12-20(24(29)30)17(6-4-14(2)25)11-19(16)22(13)21(26)15-7-9-18(10-8-15)23(27)28/h7-13,23-24,27,29H,3-6H2,1-2H3/t13-/m1/s1. The van der Waals surface area contributed by atoms with Crippen molar-refractivity contribution in [3.63, 3.8) is 0 Å². The molecule has 1 aliphatic rings. The van der Waals surface area contributed by atoms with Gasteiger partial charge < -0.3 is 20.1 Å². The lowest BCUT2D eigenvalue weighted by molar-refractivity contribution is -0.991. The maximum atomic E-state index is 13.3. The Bertz CT molecular complexity index is 943. The topological polar surface area (TPSA) is 133 Å². The predicted octanol–water partition coefficient (Wildman–Crippen LogP) is 0.997. The van der Waals surface area contributed by atoms with Gasteiger partial charge in [0.15, 0.2) is 11.4 Å². The van der Waals surface area contributed by atoms with Gasteiger partial charge in [-0.1, -0.05) is 0 Å². The number of quaternary nitrogens is 2. The number of hydrogen-bond donors (Lipinski definition) is 4. The lowest BCUT2D eigenvalue weighted by atomic mass is 9.92. The monoisotopic (exact) mass is 415 g/mol. The number of amides is 1. The Morgan fingerprint density at radius 1 is 1.13 bits per heavy atom. The predicted molar refractivity (Wildman–Crippen MR) is 108 cm³/mol. The number of hydrogen-bond acceptors (Lipinski definition) is 6. The molecule has 0 aliphatic carbocycles. The van der Waals surface area contributed by atoms with Gasteiger partial charge in [0, 0.05) is 47.5 Å². The van der Waals surface area contributed by atoms with Crippen molar-refractivity contribution in [2.45, 2.75) is 45.6 Å². The fourth-order valence-electron chi connectivity index (χ4n) is 3.75. The van der Waals surface area contributed by atoms with Gasteiger partial charge in [-0.05, 0) is 56.9 Å². The third-order valence-corrected chi connectivity index (χ3v) is 5.41. The minimum Gasteiger partial charge on any atom is -0.595 e. The smallest absolute Gasteiger partial charge is 0.258 e. The number of benzene rings is 2. The maximum Gasteiger partial charge on any atom is 0.258 e. The normalized spacial score (nSPS) is 17.9. The average Bonchev–Trinajstić information content (AvgIpc) is 2.71. The number of nitrogens with zero attached hydrogens (tertiary/aromatic N) is 1. The van der Waals surface area contributed by atoms with E-state index in [4.69, 9.17) is 5.21 Å². The molecular formula is C21H25N3O6. The summed E-state index contributed by atoms with van der Waals surface area (Å²) in [4.78, 5) is 26.3. The number of Topliss-reactive ketones (excluding diaryl/α,β-unsaturated/α-hetero) is 1. The Labute approximate surface area is 173 Å². The Morgan fingerprint density at radius 2 is 1.80 bits per heavy atom. The van der Waals surface area contributed by atoms with Gasteiger partial charge in [0.05, 0.1) is 0 Å². The van der Waals surface area contributed by atoms with Crippen LogP contribution in [0, 0.1) is 10.4 Å². The Morgan fingerprint density at radius 3 is 2.37 bits per heavy atom. The molecule has 0 bridgehead atoms. The Balaban J connectivity index is 2.02. The summed E-state index contributed by atoms with van der Waals surface area (Å²) in [6.45, 7) is 3.38. The van der Waals surface area contributed by atoms with Crippen LogP contribution in [-0.2, 0) is 17.6 Å². The van der Waals surface area contributed by atoms with Crippen LogP contribution in [-0.4, -0.2) is 28.1 Å². The summed E-state index contributed by atoms with van der Waals surface area (Å²) in [7, 11) is 0. The average molecular weight is 415 g/mol. The maximum absolute atomic E-state index is 13.3. The van der Waals surface area contributed by atoms with E-state index < -0.39 is 10.5 Å². The number of carbonyl (C=O) groups excluding carboxylic acids is 2. The van der Waals surface area contributed by atoms with E-state index in [1.165, 1.54) is 31.2 Å². The van der Waals surface area contributed by atoms with Gasteiger partial charge in [-0.2, -0.15) is 10.5 Å². The number of anilines is 1. The van der Waals surface area contributed by atoms with Crippen molar-refractivity contribution in [1.82, 2.24) is 0 Å². The van der Waals surface area contributed by atoms with E-state index in [0.29, 0.717) is 29.7 Å². The van der Waals surface area contributed by atoms with Crippen LogP contribution in [0.15, 0.2) is 36.4 Å². The first-order valence-electron chi connectivity index (χ1n) is 9.74. The molecule has 1 aliphatic heterocycles. The van der Waals surface area contributed by atoms with Gasteiger partial charge in [-0.25, -0.2) is 10.4 Å². The molecule has 0 saturated carbocycles. The summed E-state index contributed by atoms with van der Waals surface area (Å²) in [6.07, 6.45) is 1.83. The summed E-state index contributed by atoms with van der Waals surface area (Å²) >= 11 is 0. The van der Waals surface area contributed by atoms with Crippen molar-refractivity contribution >= 4 is 28.8 Å². The van der Waals surface area contributed by atoms with E-state index in [1.807, 2.05) is 6.92 Å². The molecule has 9 heteroatoms. The number of nitrogens with one attached hydrogen (secondary N) is 2. The van der Waals surface area contributed by atoms with Crippen LogP contribution in [0.4, 0.5) is 17.1 Å². The molecule has 3 rings (SSSR count).